The van der Waals surface area contributed by atoms with Gasteiger partial charge in [0.05, 0.1) is 12.1 Å². The lowest BCUT2D eigenvalue weighted by Gasteiger charge is -2.33. The lowest BCUT2D eigenvalue weighted by Crippen LogP contribution is -2.47. The van der Waals surface area contributed by atoms with Gasteiger partial charge in [-0.1, -0.05) is 18.3 Å². The number of hydrogen-bond acceptors (Lipinski definition) is 6. The van der Waals surface area contributed by atoms with Gasteiger partial charge in [0, 0.05) is 20.6 Å². The molecule has 1 amide bonds. The molecule has 1 aromatic rings. The highest BCUT2D eigenvalue weighted by molar-refractivity contribution is 7.18. The molecule has 1 rings (SSSR count). The van der Waals surface area contributed by atoms with Gasteiger partial charge in [-0.2, -0.15) is 0 Å². The summed E-state index contributed by atoms with van der Waals surface area (Å²) < 4.78 is 0. The second-order valence-corrected chi connectivity index (χ2v) is 6.44. The Morgan fingerprint density at radius 3 is 2.55 bits per heavy atom. The molecule has 0 aliphatic heterocycles. The molecular weight excluding hydrogens is 276 g/mol. The molecule has 1 heterocycles. The van der Waals surface area contributed by atoms with E-state index < -0.39 is 5.54 Å². The van der Waals surface area contributed by atoms with Crippen molar-refractivity contribution in [2.24, 2.45) is 0 Å². The van der Waals surface area contributed by atoms with Crippen LogP contribution in [0.3, 0.4) is 0 Å². The van der Waals surface area contributed by atoms with Crippen LogP contribution < -0.4 is 10.6 Å². The Morgan fingerprint density at radius 1 is 1.45 bits per heavy atom. The van der Waals surface area contributed by atoms with Crippen LogP contribution in [0.25, 0.3) is 0 Å². The Kier molecular flexibility index (Phi) is 5.35. The summed E-state index contributed by atoms with van der Waals surface area (Å²) in [4.78, 5) is 20.6. The zero-order chi connectivity index (χ0) is 15.5. The number of amides is 1. The van der Waals surface area contributed by atoms with Gasteiger partial charge in [0.15, 0.2) is 5.13 Å². The molecule has 0 spiro atoms. The number of nitrogens with two attached hydrogens (primary N) is 1. The zero-order valence-corrected chi connectivity index (χ0v) is 13.6. The molecule has 7 heteroatoms. The first-order valence-electron chi connectivity index (χ1n) is 6.61. The van der Waals surface area contributed by atoms with Gasteiger partial charge in [0.25, 0.3) is 5.91 Å². The molecule has 0 radical (unpaired) electrons. The minimum absolute atomic E-state index is 0.115. The summed E-state index contributed by atoms with van der Waals surface area (Å²) in [5, 5.41) is 10.1. The van der Waals surface area contributed by atoms with Crippen molar-refractivity contribution in [3.8, 4) is 0 Å². The van der Waals surface area contributed by atoms with E-state index in [-0.39, 0.29) is 18.3 Å². The summed E-state index contributed by atoms with van der Waals surface area (Å²) in [5.41, 5.74) is 5.23. The van der Waals surface area contributed by atoms with Crippen molar-refractivity contribution in [1.29, 1.82) is 0 Å². The predicted octanol–water partition coefficient (Wildman–Crippen LogP) is 1.41. The number of anilines is 2. The number of likely N-dealkylation sites (N-methyl/N-ethyl adjacent to an activating group) is 1. The summed E-state index contributed by atoms with van der Waals surface area (Å²) in [7, 11) is 3.59. The van der Waals surface area contributed by atoms with Crippen molar-refractivity contribution in [1.82, 2.24) is 9.88 Å². The summed E-state index contributed by atoms with van der Waals surface area (Å²) in [6.45, 7) is 6.42. The maximum Gasteiger partial charge on any atom is 0.268 e. The Balaban J connectivity index is 3.00. The van der Waals surface area contributed by atoms with Crippen LogP contribution >= 0.6 is 11.3 Å². The minimum atomic E-state index is -0.636. The number of nitrogens with zero attached hydrogens (tertiary/aromatic N) is 3. The van der Waals surface area contributed by atoms with E-state index in [1.54, 1.807) is 20.9 Å². The molecule has 0 fully saturated rings. The molecule has 0 aliphatic carbocycles. The van der Waals surface area contributed by atoms with Crippen LogP contribution in [0.5, 0.6) is 0 Å². The monoisotopic (exact) mass is 300 g/mol. The molecule has 3 N–H and O–H groups in total. The third-order valence-corrected chi connectivity index (χ3v) is 4.49. The highest BCUT2D eigenvalue weighted by Gasteiger charge is 2.30. The van der Waals surface area contributed by atoms with E-state index in [0.29, 0.717) is 4.88 Å². The molecule has 0 unspecified atom stereocenters. The summed E-state index contributed by atoms with van der Waals surface area (Å²) >= 11 is 1.29. The first-order valence-corrected chi connectivity index (χ1v) is 7.42. The van der Waals surface area contributed by atoms with E-state index in [1.165, 1.54) is 16.2 Å². The summed E-state index contributed by atoms with van der Waals surface area (Å²) in [6.07, 6.45) is 0.997. The predicted molar refractivity (Wildman–Crippen MR) is 83.3 cm³/mol. The van der Waals surface area contributed by atoms with Gasteiger partial charge in [0.1, 0.15) is 10.7 Å². The molecule has 0 saturated heterocycles. The first-order chi connectivity index (χ1) is 9.24. The minimum Gasteiger partial charge on any atom is -0.394 e. The third kappa shape index (κ3) is 3.40. The Hall–Kier alpha value is -1.34. The van der Waals surface area contributed by atoms with Crippen LogP contribution in [0.15, 0.2) is 0 Å². The normalized spacial score (nSPS) is 11.5. The number of carbonyl (C=O) groups excluding carboxylic acids is 1. The number of hydrogen-bond donors (Lipinski definition) is 2. The van der Waals surface area contributed by atoms with Crippen molar-refractivity contribution in [2.75, 3.05) is 37.9 Å². The maximum absolute atomic E-state index is 12.5. The fourth-order valence-corrected chi connectivity index (χ4v) is 2.55. The van der Waals surface area contributed by atoms with Crippen LogP contribution in [0.1, 0.15) is 36.9 Å². The number of nitrogen functional groups attached to an aromatic ring is 1. The zero-order valence-electron chi connectivity index (χ0n) is 12.8. The number of thiazole rings is 1. The molecule has 114 valence electrons. The van der Waals surface area contributed by atoms with Crippen LogP contribution in [0.4, 0.5) is 10.9 Å². The molecule has 0 bridgehead atoms. The fourth-order valence-electron chi connectivity index (χ4n) is 1.60. The smallest absolute Gasteiger partial charge is 0.268 e. The number of aliphatic hydroxyl groups is 1. The quantitative estimate of drug-likeness (QED) is 0.830. The van der Waals surface area contributed by atoms with E-state index in [4.69, 9.17) is 5.73 Å². The Morgan fingerprint density at radius 2 is 2.05 bits per heavy atom. The molecule has 6 nitrogen and oxygen atoms in total. The lowest BCUT2D eigenvalue weighted by molar-refractivity contribution is 0.0478. The molecule has 0 saturated carbocycles. The molecule has 1 aromatic heterocycles. The number of carbonyl (C=O) groups is 1. The number of aliphatic hydroxyl groups excluding tert-OH is 1. The lowest BCUT2D eigenvalue weighted by atomic mass is 10.1. The fraction of sp³-hybridized carbons (Fsp3) is 0.692. The first kappa shape index (κ1) is 16.7. The van der Waals surface area contributed by atoms with Crippen molar-refractivity contribution in [3.05, 3.63) is 4.88 Å². The van der Waals surface area contributed by atoms with Crippen molar-refractivity contribution in [2.45, 2.75) is 32.7 Å². The van der Waals surface area contributed by atoms with Crippen molar-refractivity contribution >= 4 is 28.2 Å². The van der Waals surface area contributed by atoms with E-state index in [9.17, 15) is 9.90 Å². The van der Waals surface area contributed by atoms with E-state index in [2.05, 4.69) is 11.9 Å². The highest BCUT2D eigenvalue weighted by atomic mass is 32.1. The standard InChI is InChI=1S/C13H24N4O2S/c1-6-7-16(4)12-15-10(14)9(20-12)11(19)17(5)13(2,3)8-18/h18H,6-8,14H2,1-5H3. The second kappa shape index (κ2) is 6.41. The largest absolute Gasteiger partial charge is 0.394 e. The van der Waals surface area contributed by atoms with Crippen molar-refractivity contribution in [3.63, 3.8) is 0 Å². The summed E-state index contributed by atoms with van der Waals surface area (Å²) in [6, 6.07) is 0. The molecular formula is C13H24N4O2S. The van der Waals surface area contributed by atoms with Gasteiger partial charge in [-0.15, -0.1) is 0 Å². The average molecular weight is 300 g/mol. The van der Waals surface area contributed by atoms with Gasteiger partial charge in [-0.25, -0.2) is 4.98 Å². The van der Waals surface area contributed by atoms with Gasteiger partial charge in [-0.05, 0) is 20.3 Å². The highest BCUT2D eigenvalue weighted by Crippen LogP contribution is 2.29. The van der Waals surface area contributed by atoms with E-state index in [1.807, 2.05) is 11.9 Å². The number of aromatic nitrogens is 1. The maximum atomic E-state index is 12.5. The SMILES string of the molecule is CCCN(C)c1nc(N)c(C(=O)N(C)C(C)(C)CO)s1. The van der Waals surface area contributed by atoms with E-state index >= 15 is 0 Å². The van der Waals surface area contributed by atoms with E-state index in [0.717, 1.165) is 18.1 Å². The van der Waals surface area contributed by atoms with Crippen LogP contribution in [-0.4, -0.2) is 53.7 Å². The van der Waals surface area contributed by atoms with Crippen LogP contribution in [0, 0.1) is 0 Å². The molecule has 0 aromatic carbocycles. The van der Waals surface area contributed by atoms with Gasteiger partial charge in [0.2, 0.25) is 0 Å². The Bertz CT molecular complexity index is 473. The topological polar surface area (TPSA) is 82.7 Å². The van der Waals surface area contributed by atoms with Gasteiger partial charge < -0.3 is 20.6 Å². The third-order valence-electron chi connectivity index (χ3n) is 3.32. The Labute approximate surface area is 124 Å². The average Bonchev–Trinajstić information content (AvgIpc) is 2.79. The second-order valence-electron chi connectivity index (χ2n) is 5.47. The van der Waals surface area contributed by atoms with Crippen LogP contribution in [-0.2, 0) is 0 Å². The molecule has 0 aliphatic rings. The van der Waals surface area contributed by atoms with Gasteiger partial charge >= 0.3 is 0 Å². The van der Waals surface area contributed by atoms with Crippen LogP contribution in [0.2, 0.25) is 0 Å². The van der Waals surface area contributed by atoms with Gasteiger partial charge in [-0.3, -0.25) is 4.79 Å². The summed E-state index contributed by atoms with van der Waals surface area (Å²) in [5.74, 6) is 0.0359. The molecule has 0 atom stereocenters. The van der Waals surface area contributed by atoms with Crippen molar-refractivity contribution < 1.29 is 9.90 Å². The number of rotatable bonds is 6. The molecule has 20 heavy (non-hydrogen) atoms.